The number of carbonyl (C=O) groups excluding carboxylic acids is 1. The fourth-order valence-electron chi connectivity index (χ4n) is 1.25. The third kappa shape index (κ3) is 8.26. The van der Waals surface area contributed by atoms with E-state index in [2.05, 4.69) is 41.0 Å². The van der Waals surface area contributed by atoms with Crippen molar-refractivity contribution < 1.29 is 44.3 Å². The van der Waals surface area contributed by atoms with Crippen molar-refractivity contribution in [2.24, 2.45) is 0 Å². The van der Waals surface area contributed by atoms with E-state index in [4.69, 9.17) is 9.90 Å². The van der Waals surface area contributed by atoms with E-state index >= 15 is 0 Å². The zero-order chi connectivity index (χ0) is 17.3. The Hall–Kier alpha value is -2.01. The Kier molecular flexibility index (Phi) is 7.62. The van der Waals surface area contributed by atoms with Crippen LogP contribution in [0.4, 0.5) is 13.2 Å². The van der Waals surface area contributed by atoms with Crippen LogP contribution in [-0.2, 0) is 4.79 Å². The van der Waals surface area contributed by atoms with Crippen LogP contribution in [0.2, 0.25) is 0 Å². The minimum absolute atomic E-state index is 0.173. The maximum atomic E-state index is 10.5. The van der Waals surface area contributed by atoms with Crippen molar-refractivity contribution in [1.29, 1.82) is 0 Å². The van der Waals surface area contributed by atoms with Gasteiger partial charge in [-0.2, -0.15) is 13.2 Å². The molecule has 0 spiro atoms. The number of hydrogen-bond donors (Lipinski definition) is 0. The van der Waals surface area contributed by atoms with Crippen LogP contribution in [0, 0.1) is 20.3 Å². The fraction of sp³-hybridized carbons (Fsp3) is 0.118. The van der Waals surface area contributed by atoms with Gasteiger partial charge in [-0.1, -0.05) is 35.9 Å². The van der Waals surface area contributed by atoms with Crippen LogP contribution in [0.5, 0.6) is 0 Å². The molecule has 0 aromatic heterocycles. The number of aliphatic carboxylic acids is 1. The molecule has 0 aliphatic rings. The van der Waals surface area contributed by atoms with Crippen LogP contribution in [0.15, 0.2) is 54.6 Å². The number of aryl methyl sites for hydroxylation is 1. The van der Waals surface area contributed by atoms with Crippen molar-refractivity contribution in [2.75, 3.05) is 0 Å². The lowest BCUT2D eigenvalue weighted by Crippen LogP contribution is -3.59. The second kappa shape index (κ2) is 9.20. The number of carboxylic acids is 1. The van der Waals surface area contributed by atoms with E-state index in [0.717, 1.165) is 5.56 Å². The number of rotatable bonds is 1. The average Bonchev–Trinajstić information content (AvgIpc) is 2.50. The van der Waals surface area contributed by atoms with Crippen LogP contribution in [0.25, 0.3) is 0 Å². The summed E-state index contributed by atoms with van der Waals surface area (Å²) in [6, 6.07) is 18.8. The molecule has 2 nitrogen and oxygen atoms in total. The van der Waals surface area contributed by atoms with Crippen molar-refractivity contribution in [3.8, 4) is 9.85 Å². The second-order valence-corrected chi connectivity index (χ2v) is 6.59. The van der Waals surface area contributed by atoms with E-state index in [1.165, 1.54) is 9.13 Å². The first-order valence-corrected chi connectivity index (χ1v) is 8.49. The zero-order valence-electron chi connectivity index (χ0n) is 12.0. The Balaban J connectivity index is 0.000000322. The van der Waals surface area contributed by atoms with E-state index in [-0.39, 0.29) is 21.2 Å². The van der Waals surface area contributed by atoms with Crippen LogP contribution in [-0.4, -0.2) is 12.1 Å². The van der Waals surface area contributed by atoms with Crippen molar-refractivity contribution in [3.63, 3.8) is 0 Å². The summed E-state index contributed by atoms with van der Waals surface area (Å²) in [6.45, 7) is 2.11. The molecule has 2 aromatic rings. The Morgan fingerprint density at radius 2 is 1.57 bits per heavy atom. The molecule has 0 aliphatic heterocycles. The van der Waals surface area contributed by atoms with Gasteiger partial charge in [0.25, 0.3) is 0 Å². The normalized spacial score (nSPS) is 9.91. The van der Waals surface area contributed by atoms with Gasteiger partial charge in [0, 0.05) is 5.56 Å². The molecule has 0 unspecified atom stereocenters. The monoisotopic (exact) mass is 432 g/mol. The summed E-state index contributed by atoms with van der Waals surface area (Å²) in [5.74, 6) is 0.200. The topological polar surface area (TPSA) is 40.1 Å². The zero-order valence-corrected chi connectivity index (χ0v) is 14.2. The lowest BCUT2D eigenvalue weighted by molar-refractivity contribution is -0.535. The van der Waals surface area contributed by atoms with Gasteiger partial charge in [0.05, 0.1) is 0 Å². The highest BCUT2D eigenvalue weighted by Gasteiger charge is 2.28. The standard InChI is InChI=1S/C15H12I.C2HF3O2/c1-13-7-9-15(10-8-13)16-12-11-14-5-3-2-4-6-14;3-2(4,5)1(6)7/h2-10H,1H3;(H,6,7)/q+1;/p-1. The minimum atomic E-state index is -5.19. The first kappa shape index (κ1) is 19.0. The number of benzene rings is 2. The average molecular weight is 432 g/mol. The van der Waals surface area contributed by atoms with E-state index in [1.807, 2.05) is 30.3 Å². The number of halogens is 4. The lowest BCUT2D eigenvalue weighted by Gasteiger charge is -2.03. The lowest BCUT2D eigenvalue weighted by atomic mass is 10.2. The highest BCUT2D eigenvalue weighted by Crippen LogP contribution is 2.11. The number of alkyl halides is 3. The molecular formula is C17H12F3IO2. The second-order valence-electron chi connectivity index (χ2n) is 4.26. The van der Waals surface area contributed by atoms with Gasteiger partial charge in [-0.3, -0.25) is 0 Å². The first-order chi connectivity index (χ1) is 10.8. The summed E-state index contributed by atoms with van der Waals surface area (Å²) in [5, 5.41) is 8.78. The predicted octanol–water partition coefficient (Wildman–Crippen LogP) is -0.439. The van der Waals surface area contributed by atoms with Gasteiger partial charge >= 0.3 is 27.4 Å². The molecule has 120 valence electrons. The molecule has 0 N–H and O–H groups in total. The molecule has 0 fully saturated rings. The van der Waals surface area contributed by atoms with Gasteiger partial charge in [-0.15, -0.1) is 0 Å². The molecule has 0 amide bonds. The smallest absolute Gasteiger partial charge is 0.430 e. The molecule has 0 saturated heterocycles. The largest absolute Gasteiger partial charge is 0.542 e. The quantitative estimate of drug-likeness (QED) is 0.453. The molecule has 0 heterocycles. The van der Waals surface area contributed by atoms with Gasteiger partial charge in [0.2, 0.25) is 3.57 Å². The molecule has 2 rings (SSSR count). The molecule has 0 aliphatic carbocycles. The Labute approximate surface area is 142 Å². The summed E-state index contributed by atoms with van der Waals surface area (Å²) in [6.07, 6.45) is -5.19. The molecule has 0 bridgehead atoms. The van der Waals surface area contributed by atoms with Gasteiger partial charge in [-0.25, -0.2) is 0 Å². The fourth-order valence-corrected chi connectivity index (χ4v) is 2.73. The van der Waals surface area contributed by atoms with E-state index in [1.54, 1.807) is 0 Å². The van der Waals surface area contributed by atoms with Gasteiger partial charge in [0.15, 0.2) is 3.93 Å². The number of hydrogen-bond acceptors (Lipinski definition) is 2. The van der Waals surface area contributed by atoms with Gasteiger partial charge in [0.1, 0.15) is 5.97 Å². The van der Waals surface area contributed by atoms with Crippen molar-refractivity contribution >= 4 is 5.97 Å². The highest BCUT2D eigenvalue weighted by molar-refractivity contribution is 5.70. The first-order valence-electron chi connectivity index (χ1n) is 6.34. The van der Waals surface area contributed by atoms with Crippen molar-refractivity contribution in [3.05, 3.63) is 69.3 Å². The third-order valence-electron chi connectivity index (χ3n) is 2.36. The molecule has 0 saturated carbocycles. The maximum absolute atomic E-state index is 10.5. The maximum Gasteiger partial charge on any atom is 0.430 e. The third-order valence-corrected chi connectivity index (χ3v) is 4.25. The SMILES string of the molecule is Cc1ccc([I+]C#Cc2ccccc2)cc1.O=C([O-])C(F)(F)F. The van der Waals surface area contributed by atoms with Gasteiger partial charge < -0.3 is 9.90 Å². The van der Waals surface area contributed by atoms with E-state index in [9.17, 15) is 13.2 Å². The van der Waals surface area contributed by atoms with E-state index in [0.29, 0.717) is 0 Å². The van der Waals surface area contributed by atoms with E-state index < -0.39 is 12.1 Å². The number of carbonyl (C=O) groups is 1. The summed E-state index contributed by atoms with van der Waals surface area (Å²) < 4.78 is 36.2. The molecule has 23 heavy (non-hydrogen) atoms. The van der Waals surface area contributed by atoms with Crippen molar-refractivity contribution in [2.45, 2.75) is 13.1 Å². The minimum Gasteiger partial charge on any atom is -0.542 e. The molecule has 2 aromatic carbocycles. The Bertz CT molecular complexity index is 684. The summed E-state index contributed by atoms with van der Waals surface area (Å²) in [7, 11) is 0. The highest BCUT2D eigenvalue weighted by atomic mass is 127. The Morgan fingerprint density at radius 3 is 2.04 bits per heavy atom. The summed E-state index contributed by atoms with van der Waals surface area (Å²) >= 11 is -0.173. The van der Waals surface area contributed by atoms with Crippen LogP contribution in [0.3, 0.4) is 0 Å². The summed E-state index contributed by atoms with van der Waals surface area (Å²) in [5.41, 5.74) is 2.41. The molecule has 0 radical (unpaired) electrons. The number of carboxylic acid groups (broad SMARTS) is 1. The predicted molar refractivity (Wildman–Crippen MR) is 74.3 cm³/mol. The molecule has 0 atom stereocenters. The van der Waals surface area contributed by atoms with Crippen LogP contribution in [0.1, 0.15) is 11.1 Å². The molecular weight excluding hydrogens is 420 g/mol. The van der Waals surface area contributed by atoms with Gasteiger partial charge in [-0.05, 0) is 37.1 Å². The summed E-state index contributed by atoms with van der Waals surface area (Å²) in [4.78, 5) is 8.78. The molecule has 6 heteroatoms. The van der Waals surface area contributed by atoms with Crippen molar-refractivity contribution in [1.82, 2.24) is 0 Å². The van der Waals surface area contributed by atoms with Crippen LogP contribution >= 0.6 is 0 Å². The van der Waals surface area contributed by atoms with Crippen LogP contribution < -0.4 is 26.3 Å². The Morgan fingerprint density at radius 1 is 1.04 bits per heavy atom.